The molecular formula is C14H8ClN3O3S. The predicted molar refractivity (Wildman–Crippen MR) is 82.2 cm³/mol. The van der Waals surface area contributed by atoms with Crippen molar-refractivity contribution in [3.8, 4) is 11.4 Å². The Morgan fingerprint density at radius 3 is 3.05 bits per heavy atom. The largest absolute Gasteiger partial charge is 0.420 e. The van der Waals surface area contributed by atoms with Crippen molar-refractivity contribution >= 4 is 34.0 Å². The first-order valence-electron chi connectivity index (χ1n) is 6.35. The van der Waals surface area contributed by atoms with Gasteiger partial charge in [0.15, 0.2) is 5.58 Å². The SMILES string of the molecule is O=c1oc2cc(Cl)ccc2n1Cc1nc(-c2ccsc2)no1. The van der Waals surface area contributed by atoms with Crippen molar-refractivity contribution in [2.45, 2.75) is 6.54 Å². The molecule has 0 atom stereocenters. The van der Waals surface area contributed by atoms with Crippen molar-refractivity contribution in [1.29, 1.82) is 0 Å². The molecule has 6 nitrogen and oxygen atoms in total. The van der Waals surface area contributed by atoms with E-state index in [0.717, 1.165) is 5.56 Å². The Bertz CT molecular complexity index is 1000. The number of nitrogens with zero attached hydrogens (tertiary/aromatic N) is 3. The standard InChI is InChI=1S/C14H8ClN3O3S/c15-9-1-2-10-11(5-9)20-14(19)18(10)6-12-16-13(17-21-12)8-3-4-22-7-8/h1-5,7H,6H2. The third-order valence-corrected chi connectivity index (χ3v) is 4.09. The maximum Gasteiger partial charge on any atom is 0.420 e. The highest BCUT2D eigenvalue weighted by Crippen LogP contribution is 2.21. The van der Waals surface area contributed by atoms with Crippen LogP contribution in [0.3, 0.4) is 0 Å². The number of rotatable bonds is 3. The average Bonchev–Trinajstić information content (AvgIpc) is 3.20. The molecule has 110 valence electrons. The van der Waals surface area contributed by atoms with Gasteiger partial charge in [-0.15, -0.1) is 0 Å². The highest BCUT2D eigenvalue weighted by molar-refractivity contribution is 7.08. The van der Waals surface area contributed by atoms with E-state index in [1.807, 2.05) is 16.8 Å². The number of hydrogen-bond acceptors (Lipinski definition) is 6. The Labute approximate surface area is 132 Å². The van der Waals surface area contributed by atoms with Gasteiger partial charge in [0.25, 0.3) is 0 Å². The number of aromatic nitrogens is 3. The zero-order valence-corrected chi connectivity index (χ0v) is 12.6. The summed E-state index contributed by atoms with van der Waals surface area (Å²) in [4.78, 5) is 16.2. The second-order valence-corrected chi connectivity index (χ2v) is 5.81. The van der Waals surface area contributed by atoms with Gasteiger partial charge in [-0.1, -0.05) is 16.8 Å². The number of hydrogen-bond donors (Lipinski definition) is 0. The number of thiophene rings is 1. The second kappa shape index (κ2) is 5.11. The van der Waals surface area contributed by atoms with Crippen molar-refractivity contribution in [2.75, 3.05) is 0 Å². The van der Waals surface area contributed by atoms with E-state index in [-0.39, 0.29) is 6.54 Å². The van der Waals surface area contributed by atoms with Gasteiger partial charge in [-0.2, -0.15) is 16.3 Å². The summed E-state index contributed by atoms with van der Waals surface area (Å²) in [6.45, 7) is 0.143. The Morgan fingerprint density at radius 1 is 1.32 bits per heavy atom. The molecule has 0 fully saturated rings. The van der Waals surface area contributed by atoms with Crippen LogP contribution in [0.5, 0.6) is 0 Å². The first-order valence-corrected chi connectivity index (χ1v) is 7.67. The van der Waals surface area contributed by atoms with E-state index >= 15 is 0 Å². The number of fused-ring (bicyclic) bond motifs is 1. The van der Waals surface area contributed by atoms with Crippen molar-refractivity contribution in [3.05, 3.63) is 56.5 Å². The summed E-state index contributed by atoms with van der Waals surface area (Å²) in [6.07, 6.45) is 0. The normalized spacial score (nSPS) is 11.3. The lowest BCUT2D eigenvalue weighted by molar-refractivity contribution is 0.367. The molecule has 0 saturated carbocycles. The molecule has 3 aromatic heterocycles. The van der Waals surface area contributed by atoms with Crippen LogP contribution in [0.15, 0.2) is 48.8 Å². The molecule has 4 aromatic rings. The molecular weight excluding hydrogens is 326 g/mol. The van der Waals surface area contributed by atoms with Crippen LogP contribution in [0.1, 0.15) is 5.89 Å². The van der Waals surface area contributed by atoms with Crippen LogP contribution >= 0.6 is 22.9 Å². The highest BCUT2D eigenvalue weighted by Gasteiger charge is 2.14. The molecule has 0 amide bonds. The first-order chi connectivity index (χ1) is 10.7. The minimum absolute atomic E-state index is 0.143. The molecule has 0 N–H and O–H groups in total. The van der Waals surface area contributed by atoms with Gasteiger partial charge in [-0.3, -0.25) is 4.57 Å². The van der Waals surface area contributed by atoms with Crippen LogP contribution < -0.4 is 5.76 Å². The van der Waals surface area contributed by atoms with E-state index in [1.165, 1.54) is 4.57 Å². The zero-order valence-electron chi connectivity index (χ0n) is 11.0. The molecule has 3 heterocycles. The number of halogens is 1. The van der Waals surface area contributed by atoms with Gasteiger partial charge >= 0.3 is 5.76 Å². The Balaban J connectivity index is 1.72. The Hall–Kier alpha value is -2.38. The number of benzene rings is 1. The summed E-state index contributed by atoms with van der Waals surface area (Å²) in [5, 5.41) is 8.28. The Kier molecular flexibility index (Phi) is 3.09. The predicted octanol–water partition coefficient (Wildman–Crippen LogP) is 3.41. The van der Waals surface area contributed by atoms with Crippen molar-refractivity contribution in [3.63, 3.8) is 0 Å². The van der Waals surface area contributed by atoms with Crippen LogP contribution in [-0.2, 0) is 6.54 Å². The third kappa shape index (κ3) is 2.24. The van der Waals surface area contributed by atoms with Gasteiger partial charge in [0.1, 0.15) is 6.54 Å². The van der Waals surface area contributed by atoms with E-state index in [4.69, 9.17) is 20.5 Å². The first kappa shape index (κ1) is 13.3. The smallest absolute Gasteiger partial charge is 0.408 e. The fourth-order valence-electron chi connectivity index (χ4n) is 2.15. The molecule has 1 aromatic carbocycles. The maximum atomic E-state index is 12.0. The van der Waals surface area contributed by atoms with Gasteiger partial charge in [-0.05, 0) is 23.6 Å². The van der Waals surface area contributed by atoms with Crippen LogP contribution in [0.25, 0.3) is 22.5 Å². The molecule has 0 spiro atoms. The lowest BCUT2D eigenvalue weighted by Gasteiger charge is -1.97. The maximum absolute atomic E-state index is 12.0. The quantitative estimate of drug-likeness (QED) is 0.574. The van der Waals surface area contributed by atoms with Crippen LogP contribution in [-0.4, -0.2) is 14.7 Å². The molecule has 0 bridgehead atoms. The van der Waals surface area contributed by atoms with Crippen LogP contribution in [0.2, 0.25) is 5.02 Å². The van der Waals surface area contributed by atoms with Crippen molar-refractivity contribution in [1.82, 2.24) is 14.7 Å². The van der Waals surface area contributed by atoms with E-state index < -0.39 is 5.76 Å². The zero-order chi connectivity index (χ0) is 15.1. The molecule has 4 rings (SSSR count). The van der Waals surface area contributed by atoms with E-state index in [2.05, 4.69) is 10.1 Å². The second-order valence-electron chi connectivity index (χ2n) is 4.59. The van der Waals surface area contributed by atoms with Gasteiger partial charge in [0.05, 0.1) is 5.52 Å². The molecule has 0 unspecified atom stereocenters. The van der Waals surface area contributed by atoms with Gasteiger partial charge in [0, 0.05) is 22.0 Å². The van der Waals surface area contributed by atoms with Gasteiger partial charge in [0.2, 0.25) is 11.7 Å². The summed E-state index contributed by atoms with van der Waals surface area (Å²) in [6, 6.07) is 6.92. The summed E-state index contributed by atoms with van der Waals surface area (Å²) in [5.41, 5.74) is 1.94. The monoisotopic (exact) mass is 333 g/mol. The lowest BCUT2D eigenvalue weighted by Crippen LogP contribution is -2.15. The van der Waals surface area contributed by atoms with E-state index in [9.17, 15) is 4.79 Å². The highest BCUT2D eigenvalue weighted by atomic mass is 35.5. The van der Waals surface area contributed by atoms with E-state index in [0.29, 0.717) is 27.8 Å². The minimum atomic E-state index is -0.493. The molecule has 0 aliphatic carbocycles. The fraction of sp³-hybridized carbons (Fsp3) is 0.0714. The van der Waals surface area contributed by atoms with Crippen molar-refractivity contribution < 1.29 is 8.94 Å². The third-order valence-electron chi connectivity index (χ3n) is 3.17. The molecule has 22 heavy (non-hydrogen) atoms. The average molecular weight is 334 g/mol. The molecule has 0 saturated heterocycles. The van der Waals surface area contributed by atoms with Crippen molar-refractivity contribution in [2.24, 2.45) is 0 Å². The lowest BCUT2D eigenvalue weighted by atomic mass is 10.3. The summed E-state index contributed by atoms with van der Waals surface area (Å²) < 4.78 is 11.8. The fourth-order valence-corrected chi connectivity index (χ4v) is 2.95. The summed E-state index contributed by atoms with van der Waals surface area (Å²) in [7, 11) is 0. The summed E-state index contributed by atoms with van der Waals surface area (Å²) in [5.74, 6) is 0.341. The van der Waals surface area contributed by atoms with Crippen LogP contribution in [0.4, 0.5) is 0 Å². The molecule has 0 aliphatic rings. The summed E-state index contributed by atoms with van der Waals surface area (Å²) >= 11 is 7.44. The van der Waals surface area contributed by atoms with Gasteiger partial charge in [-0.25, -0.2) is 4.79 Å². The van der Waals surface area contributed by atoms with Gasteiger partial charge < -0.3 is 8.94 Å². The van der Waals surface area contributed by atoms with E-state index in [1.54, 1.807) is 29.5 Å². The topological polar surface area (TPSA) is 74.1 Å². The van der Waals surface area contributed by atoms with Crippen LogP contribution in [0, 0.1) is 0 Å². The molecule has 8 heteroatoms. The minimum Gasteiger partial charge on any atom is -0.408 e. The Morgan fingerprint density at radius 2 is 2.23 bits per heavy atom. The molecule has 0 radical (unpaired) electrons. The number of oxazole rings is 1. The molecule has 0 aliphatic heterocycles.